The summed E-state index contributed by atoms with van der Waals surface area (Å²) in [5, 5.41) is 5.28. The summed E-state index contributed by atoms with van der Waals surface area (Å²) in [6, 6.07) is 24.8. The van der Waals surface area contributed by atoms with E-state index in [1.807, 2.05) is 85.8 Å². The van der Waals surface area contributed by atoms with Crippen molar-refractivity contribution in [2.75, 3.05) is 12.4 Å². The second-order valence-electron chi connectivity index (χ2n) is 9.93. The van der Waals surface area contributed by atoms with Crippen LogP contribution < -0.4 is 20.5 Å². The van der Waals surface area contributed by atoms with Crippen molar-refractivity contribution in [3.8, 4) is 17.2 Å². The lowest BCUT2D eigenvalue weighted by Gasteiger charge is -2.13. The zero-order valence-corrected chi connectivity index (χ0v) is 25.2. The van der Waals surface area contributed by atoms with Crippen molar-refractivity contribution in [2.45, 2.75) is 37.9 Å². The number of aromatic nitrogens is 2. The van der Waals surface area contributed by atoms with Crippen molar-refractivity contribution in [3.05, 3.63) is 111 Å². The first kappa shape index (κ1) is 28.7. The summed E-state index contributed by atoms with van der Waals surface area (Å²) < 4.78 is 13.1. The van der Waals surface area contributed by atoms with Gasteiger partial charge in [0.05, 0.1) is 29.6 Å². The molecular weight excluding hydrogens is 581 g/mol. The lowest BCUT2D eigenvalue weighted by molar-refractivity contribution is -0.118. The summed E-state index contributed by atoms with van der Waals surface area (Å²) in [6.07, 6.45) is 4.50. The molecular formula is C33H30N4O4S2. The van der Waals surface area contributed by atoms with Crippen molar-refractivity contribution in [1.82, 2.24) is 15.0 Å². The molecule has 3 aromatic carbocycles. The van der Waals surface area contributed by atoms with Gasteiger partial charge in [0.2, 0.25) is 0 Å². The van der Waals surface area contributed by atoms with E-state index in [1.165, 1.54) is 16.6 Å². The van der Waals surface area contributed by atoms with E-state index >= 15 is 0 Å². The molecule has 0 saturated heterocycles. The molecule has 0 aliphatic heterocycles. The van der Waals surface area contributed by atoms with Gasteiger partial charge >= 0.3 is 0 Å². The molecule has 10 heteroatoms. The van der Waals surface area contributed by atoms with Gasteiger partial charge in [-0.1, -0.05) is 54.2 Å². The van der Waals surface area contributed by atoms with E-state index in [1.54, 1.807) is 22.1 Å². The number of hydrogen-bond donors (Lipinski definition) is 1. The number of hydrazone groups is 1. The van der Waals surface area contributed by atoms with E-state index in [0.29, 0.717) is 35.2 Å². The number of carbonyl (C=O) groups is 1. The number of nitrogens with zero attached hydrogens (tertiary/aromatic N) is 3. The van der Waals surface area contributed by atoms with Crippen LogP contribution in [0.15, 0.2) is 93.9 Å². The molecule has 1 amide bonds. The third-order valence-electron chi connectivity index (χ3n) is 6.96. The number of hydrogen-bond acceptors (Lipinski definition) is 8. The predicted octanol–water partition coefficient (Wildman–Crippen LogP) is 6.16. The minimum Gasteiger partial charge on any atom is -0.494 e. The lowest BCUT2D eigenvalue weighted by Crippen LogP contribution is -2.24. The molecule has 5 aromatic rings. The molecule has 8 nitrogen and oxygen atoms in total. The summed E-state index contributed by atoms with van der Waals surface area (Å²) in [7, 11) is 0. The van der Waals surface area contributed by atoms with Crippen LogP contribution in [0, 0.1) is 0 Å². The smallest absolute Gasteiger partial charge is 0.267 e. The van der Waals surface area contributed by atoms with Crippen LogP contribution in [0.4, 0.5) is 0 Å². The van der Waals surface area contributed by atoms with E-state index in [2.05, 4.69) is 10.5 Å². The van der Waals surface area contributed by atoms with Crippen molar-refractivity contribution in [3.63, 3.8) is 0 Å². The number of fused-ring (bicyclic) bond motifs is 3. The molecule has 6 rings (SSSR count). The second-order valence-corrected chi connectivity index (χ2v) is 12.0. The molecule has 0 fully saturated rings. The topological polar surface area (TPSA) is 94.8 Å². The Hall–Kier alpha value is -4.41. The molecule has 218 valence electrons. The number of ether oxygens (including phenoxy) is 2. The standard InChI is InChI=1S/C33H30N4O4S2/c1-2-40-25-16-14-24(15-17-25)37-32(39)30-27-12-7-13-28(27)43-31(30)35-33(37)42-21-29(38)36-34-19-23-10-6-11-26(18-23)41-20-22-8-4-3-5-9-22/h3-6,8-11,14-19H,2,7,12-13,20-21H2,1H3,(H,36,38). The fraction of sp³-hybridized carbons (Fsp3) is 0.212. The Balaban J connectivity index is 1.15. The number of rotatable bonds is 11. The molecule has 2 heterocycles. The Kier molecular flexibility index (Phi) is 8.85. The van der Waals surface area contributed by atoms with Crippen molar-refractivity contribution in [2.24, 2.45) is 5.10 Å². The fourth-order valence-electron chi connectivity index (χ4n) is 4.97. The van der Waals surface area contributed by atoms with Crippen LogP contribution in [-0.2, 0) is 24.2 Å². The van der Waals surface area contributed by atoms with Crippen LogP contribution in [-0.4, -0.2) is 34.0 Å². The van der Waals surface area contributed by atoms with E-state index < -0.39 is 0 Å². The highest BCUT2D eigenvalue weighted by molar-refractivity contribution is 7.99. The highest BCUT2D eigenvalue weighted by atomic mass is 32.2. The molecule has 0 unspecified atom stereocenters. The van der Waals surface area contributed by atoms with E-state index in [-0.39, 0.29) is 17.2 Å². The molecule has 2 aromatic heterocycles. The average molecular weight is 611 g/mol. The second kappa shape index (κ2) is 13.3. The Morgan fingerprint density at radius 2 is 1.88 bits per heavy atom. The van der Waals surface area contributed by atoms with Gasteiger partial charge in [0.1, 0.15) is 22.9 Å². The van der Waals surface area contributed by atoms with Crippen LogP contribution >= 0.6 is 23.1 Å². The summed E-state index contributed by atoms with van der Waals surface area (Å²) in [4.78, 5) is 33.5. The Labute approximate surface area is 257 Å². The molecule has 0 saturated carbocycles. The molecule has 1 N–H and O–H groups in total. The number of amides is 1. The number of benzene rings is 3. The number of carbonyl (C=O) groups excluding carboxylic acids is 1. The van der Waals surface area contributed by atoms with Gasteiger partial charge in [-0.05, 0) is 79.3 Å². The van der Waals surface area contributed by atoms with Gasteiger partial charge in [-0.15, -0.1) is 11.3 Å². The Morgan fingerprint density at radius 3 is 2.70 bits per heavy atom. The molecule has 1 aliphatic carbocycles. The van der Waals surface area contributed by atoms with Crippen molar-refractivity contribution < 1.29 is 14.3 Å². The van der Waals surface area contributed by atoms with Gasteiger partial charge in [-0.25, -0.2) is 10.4 Å². The maximum absolute atomic E-state index is 13.9. The Bertz CT molecular complexity index is 1830. The molecule has 0 bridgehead atoms. The van der Waals surface area contributed by atoms with Crippen LogP contribution in [0.5, 0.6) is 11.5 Å². The highest BCUT2D eigenvalue weighted by Crippen LogP contribution is 2.36. The summed E-state index contributed by atoms with van der Waals surface area (Å²) >= 11 is 2.79. The molecule has 0 atom stereocenters. The first-order valence-electron chi connectivity index (χ1n) is 14.1. The number of aryl methyl sites for hydroxylation is 2. The quantitative estimate of drug-likeness (QED) is 0.0834. The maximum atomic E-state index is 13.9. The predicted molar refractivity (Wildman–Crippen MR) is 172 cm³/mol. The van der Waals surface area contributed by atoms with Crippen molar-refractivity contribution in [1.29, 1.82) is 0 Å². The van der Waals surface area contributed by atoms with E-state index in [4.69, 9.17) is 14.5 Å². The minimum atomic E-state index is -0.306. The van der Waals surface area contributed by atoms with Crippen LogP contribution in [0.1, 0.15) is 34.9 Å². The summed E-state index contributed by atoms with van der Waals surface area (Å²) in [5.74, 6) is 1.17. The first-order valence-corrected chi connectivity index (χ1v) is 15.9. The lowest BCUT2D eigenvalue weighted by atomic mass is 10.2. The number of nitrogens with one attached hydrogen (secondary N) is 1. The zero-order chi connectivity index (χ0) is 29.6. The largest absolute Gasteiger partial charge is 0.494 e. The van der Waals surface area contributed by atoms with Crippen molar-refractivity contribution >= 4 is 45.4 Å². The molecule has 1 aliphatic rings. The van der Waals surface area contributed by atoms with Crippen LogP contribution in [0.2, 0.25) is 0 Å². The molecule has 0 radical (unpaired) electrons. The first-order chi connectivity index (χ1) is 21.1. The Morgan fingerprint density at radius 1 is 1.05 bits per heavy atom. The SMILES string of the molecule is CCOc1ccc(-n2c(SCC(=O)NN=Cc3cccc(OCc4ccccc4)c3)nc3sc4c(c3c2=O)CCC4)cc1. The number of thiophene rings is 1. The van der Waals surface area contributed by atoms with E-state index in [0.717, 1.165) is 46.5 Å². The zero-order valence-electron chi connectivity index (χ0n) is 23.6. The minimum absolute atomic E-state index is 0.0393. The third-order valence-corrected chi connectivity index (χ3v) is 9.08. The summed E-state index contributed by atoms with van der Waals surface area (Å²) in [5.41, 5.74) is 6.14. The molecule has 0 spiro atoms. The van der Waals surface area contributed by atoms with Gasteiger partial charge in [0.15, 0.2) is 5.16 Å². The molecule has 43 heavy (non-hydrogen) atoms. The maximum Gasteiger partial charge on any atom is 0.267 e. The van der Waals surface area contributed by atoms with Gasteiger partial charge in [-0.3, -0.25) is 14.2 Å². The highest BCUT2D eigenvalue weighted by Gasteiger charge is 2.24. The normalized spacial score (nSPS) is 12.5. The van der Waals surface area contributed by atoms with Gasteiger partial charge in [0, 0.05) is 4.88 Å². The monoisotopic (exact) mass is 610 g/mol. The van der Waals surface area contributed by atoms with Gasteiger partial charge in [-0.2, -0.15) is 5.10 Å². The van der Waals surface area contributed by atoms with Gasteiger partial charge in [0.25, 0.3) is 11.5 Å². The number of thioether (sulfide) groups is 1. The fourth-order valence-corrected chi connectivity index (χ4v) is 7.08. The van der Waals surface area contributed by atoms with E-state index in [9.17, 15) is 9.59 Å². The van der Waals surface area contributed by atoms with Gasteiger partial charge < -0.3 is 9.47 Å². The van der Waals surface area contributed by atoms with Crippen LogP contribution in [0.25, 0.3) is 15.9 Å². The van der Waals surface area contributed by atoms with Crippen LogP contribution in [0.3, 0.4) is 0 Å². The third kappa shape index (κ3) is 6.65. The summed E-state index contributed by atoms with van der Waals surface area (Å²) in [6.45, 7) is 2.95. The average Bonchev–Trinajstić information content (AvgIpc) is 3.62.